The summed E-state index contributed by atoms with van der Waals surface area (Å²) in [6.45, 7) is 1.63. The molecule has 0 bridgehead atoms. The number of rotatable bonds is 3. The highest BCUT2D eigenvalue weighted by Crippen LogP contribution is 2.25. The molecule has 5 nitrogen and oxygen atoms in total. The summed E-state index contributed by atoms with van der Waals surface area (Å²) in [5.74, 6) is -2.22. The van der Waals surface area contributed by atoms with Gasteiger partial charge >= 0.3 is 5.97 Å². The number of carboxylic acids is 1. The number of imide groups is 1. The fraction of sp³-hybridized carbons (Fsp3) is 0.250. The fourth-order valence-electron chi connectivity index (χ4n) is 1.96. The smallest absolute Gasteiger partial charge is 0.326 e. The van der Waals surface area contributed by atoms with Crippen LogP contribution >= 0.6 is 0 Å². The summed E-state index contributed by atoms with van der Waals surface area (Å²) in [5.41, 5.74) is 0.550. The first-order valence-corrected chi connectivity index (χ1v) is 5.27. The monoisotopic (exact) mass is 233 g/mol. The van der Waals surface area contributed by atoms with E-state index in [9.17, 15) is 14.4 Å². The van der Waals surface area contributed by atoms with Crippen LogP contribution in [-0.4, -0.2) is 33.8 Å². The van der Waals surface area contributed by atoms with Crippen molar-refractivity contribution in [2.24, 2.45) is 0 Å². The predicted molar refractivity (Wildman–Crippen MR) is 58.7 cm³/mol. The van der Waals surface area contributed by atoms with Gasteiger partial charge in [0.2, 0.25) is 0 Å². The van der Waals surface area contributed by atoms with E-state index in [0.29, 0.717) is 0 Å². The van der Waals surface area contributed by atoms with Crippen LogP contribution in [0.1, 0.15) is 34.1 Å². The molecule has 1 unspecified atom stereocenters. The molecule has 0 saturated carbocycles. The van der Waals surface area contributed by atoms with E-state index in [-0.39, 0.29) is 17.5 Å². The van der Waals surface area contributed by atoms with E-state index < -0.39 is 23.8 Å². The third kappa shape index (κ3) is 1.60. The SMILES string of the molecule is CCC(C(=O)O)N1C(=O)c2ccccc2C1=O. The third-order valence-electron chi connectivity index (χ3n) is 2.81. The van der Waals surface area contributed by atoms with Crippen molar-refractivity contribution in [3.63, 3.8) is 0 Å². The minimum Gasteiger partial charge on any atom is -0.480 e. The van der Waals surface area contributed by atoms with Gasteiger partial charge in [-0.3, -0.25) is 14.5 Å². The lowest BCUT2D eigenvalue weighted by Gasteiger charge is -2.20. The zero-order valence-electron chi connectivity index (χ0n) is 9.21. The topological polar surface area (TPSA) is 74.7 Å². The third-order valence-corrected chi connectivity index (χ3v) is 2.81. The van der Waals surface area contributed by atoms with Gasteiger partial charge in [-0.05, 0) is 18.6 Å². The van der Waals surface area contributed by atoms with E-state index in [2.05, 4.69) is 0 Å². The van der Waals surface area contributed by atoms with Crippen molar-refractivity contribution in [2.75, 3.05) is 0 Å². The van der Waals surface area contributed by atoms with Gasteiger partial charge in [0.1, 0.15) is 6.04 Å². The minimum absolute atomic E-state index is 0.195. The van der Waals surface area contributed by atoms with Gasteiger partial charge in [-0.2, -0.15) is 0 Å². The number of aliphatic carboxylic acids is 1. The van der Waals surface area contributed by atoms with E-state index in [1.165, 1.54) is 12.1 Å². The Morgan fingerprint density at radius 2 is 1.71 bits per heavy atom. The number of carboxylic acid groups (broad SMARTS) is 1. The molecule has 1 heterocycles. The molecule has 88 valence electrons. The van der Waals surface area contributed by atoms with Crippen LogP contribution in [0.25, 0.3) is 0 Å². The maximum Gasteiger partial charge on any atom is 0.326 e. The average molecular weight is 233 g/mol. The Morgan fingerprint density at radius 1 is 1.24 bits per heavy atom. The lowest BCUT2D eigenvalue weighted by molar-refractivity contribution is -0.141. The van der Waals surface area contributed by atoms with E-state index in [1.807, 2.05) is 0 Å². The van der Waals surface area contributed by atoms with Crippen molar-refractivity contribution in [2.45, 2.75) is 19.4 Å². The second kappa shape index (κ2) is 4.01. The predicted octanol–water partition coefficient (Wildman–Crippen LogP) is 1.15. The van der Waals surface area contributed by atoms with Crippen LogP contribution in [0.2, 0.25) is 0 Å². The van der Waals surface area contributed by atoms with Crippen molar-refractivity contribution in [1.82, 2.24) is 4.90 Å². The molecule has 1 aromatic carbocycles. The minimum atomic E-state index is -1.16. The van der Waals surface area contributed by atoms with Crippen LogP contribution in [0.5, 0.6) is 0 Å². The molecule has 0 aromatic heterocycles. The van der Waals surface area contributed by atoms with Crippen LogP contribution in [0.15, 0.2) is 24.3 Å². The largest absolute Gasteiger partial charge is 0.480 e. The summed E-state index contributed by atoms with van der Waals surface area (Å²) in [7, 11) is 0. The average Bonchev–Trinajstić information content (AvgIpc) is 2.56. The second-order valence-corrected chi connectivity index (χ2v) is 3.79. The summed E-state index contributed by atoms with van der Waals surface area (Å²) in [6, 6.07) is 5.26. The number of carbonyl (C=O) groups excluding carboxylic acids is 2. The number of nitrogens with zero attached hydrogens (tertiary/aromatic N) is 1. The molecule has 17 heavy (non-hydrogen) atoms. The summed E-state index contributed by atoms with van der Waals surface area (Å²) >= 11 is 0. The van der Waals surface area contributed by atoms with Crippen LogP contribution in [0.3, 0.4) is 0 Å². The Bertz CT molecular complexity index is 474. The van der Waals surface area contributed by atoms with Crippen LogP contribution in [0, 0.1) is 0 Å². The molecule has 1 aromatic rings. The Balaban J connectivity index is 2.46. The molecule has 0 radical (unpaired) electrons. The molecule has 2 amide bonds. The first-order chi connectivity index (χ1) is 8.07. The normalized spacial score (nSPS) is 15.9. The van der Waals surface area contributed by atoms with E-state index in [0.717, 1.165) is 4.90 Å². The molecular formula is C12H11NO4. The van der Waals surface area contributed by atoms with Gasteiger partial charge in [-0.15, -0.1) is 0 Å². The Morgan fingerprint density at radius 3 is 2.06 bits per heavy atom. The Hall–Kier alpha value is -2.17. The molecule has 0 fully saturated rings. The van der Waals surface area contributed by atoms with Crippen LogP contribution < -0.4 is 0 Å². The summed E-state index contributed by atoms with van der Waals surface area (Å²) in [5, 5.41) is 9.00. The second-order valence-electron chi connectivity index (χ2n) is 3.79. The van der Waals surface area contributed by atoms with Crippen molar-refractivity contribution in [3.8, 4) is 0 Å². The van der Waals surface area contributed by atoms with E-state index in [4.69, 9.17) is 5.11 Å². The number of carbonyl (C=O) groups is 3. The van der Waals surface area contributed by atoms with Crippen molar-refractivity contribution in [1.29, 1.82) is 0 Å². The highest BCUT2D eigenvalue weighted by Gasteiger charge is 2.41. The first kappa shape index (κ1) is 11.3. The molecule has 1 atom stereocenters. The summed E-state index contributed by atoms with van der Waals surface area (Å²) < 4.78 is 0. The molecule has 0 spiro atoms. The van der Waals surface area contributed by atoms with Gasteiger partial charge in [-0.25, -0.2) is 4.79 Å². The van der Waals surface area contributed by atoms with Gasteiger partial charge in [-0.1, -0.05) is 19.1 Å². The van der Waals surface area contributed by atoms with Gasteiger partial charge in [0.15, 0.2) is 0 Å². The van der Waals surface area contributed by atoms with Gasteiger partial charge < -0.3 is 5.11 Å². The molecule has 1 N–H and O–H groups in total. The molecule has 0 aliphatic carbocycles. The molecular weight excluding hydrogens is 222 g/mol. The molecule has 2 rings (SSSR count). The lowest BCUT2D eigenvalue weighted by atomic mass is 10.1. The summed E-state index contributed by atoms with van der Waals surface area (Å²) in [6.07, 6.45) is 0.195. The van der Waals surface area contributed by atoms with Crippen LogP contribution in [0.4, 0.5) is 0 Å². The van der Waals surface area contributed by atoms with Gasteiger partial charge in [0, 0.05) is 0 Å². The van der Waals surface area contributed by atoms with Crippen molar-refractivity contribution in [3.05, 3.63) is 35.4 Å². The number of benzene rings is 1. The van der Waals surface area contributed by atoms with Crippen LogP contribution in [-0.2, 0) is 4.79 Å². The van der Waals surface area contributed by atoms with Gasteiger partial charge in [0.25, 0.3) is 11.8 Å². The first-order valence-electron chi connectivity index (χ1n) is 5.27. The van der Waals surface area contributed by atoms with Gasteiger partial charge in [0.05, 0.1) is 11.1 Å². The maximum atomic E-state index is 12.0. The highest BCUT2D eigenvalue weighted by molar-refractivity contribution is 6.22. The maximum absolute atomic E-state index is 12.0. The highest BCUT2D eigenvalue weighted by atomic mass is 16.4. The Labute approximate surface area is 97.7 Å². The zero-order chi connectivity index (χ0) is 12.6. The zero-order valence-corrected chi connectivity index (χ0v) is 9.21. The van der Waals surface area contributed by atoms with Crippen molar-refractivity contribution < 1.29 is 19.5 Å². The molecule has 5 heteroatoms. The Kier molecular flexibility index (Phi) is 2.67. The van der Waals surface area contributed by atoms with E-state index in [1.54, 1.807) is 19.1 Å². The van der Waals surface area contributed by atoms with Crippen molar-refractivity contribution >= 4 is 17.8 Å². The lowest BCUT2D eigenvalue weighted by Crippen LogP contribution is -2.44. The number of amides is 2. The quantitative estimate of drug-likeness (QED) is 0.794. The van der Waals surface area contributed by atoms with E-state index >= 15 is 0 Å². The number of hydrogen-bond acceptors (Lipinski definition) is 3. The number of hydrogen-bond donors (Lipinski definition) is 1. The standard InChI is InChI=1S/C12H11NO4/c1-2-9(12(16)17)13-10(14)7-5-3-4-6-8(7)11(13)15/h3-6,9H,2H2,1H3,(H,16,17). The molecule has 0 saturated heterocycles. The fourth-order valence-corrected chi connectivity index (χ4v) is 1.96. The molecule has 1 aliphatic rings. The summed E-state index contributed by atoms with van der Waals surface area (Å²) in [4.78, 5) is 35.7. The number of fused-ring (bicyclic) bond motifs is 1. The molecule has 1 aliphatic heterocycles.